The normalized spacial score (nSPS) is 12.4. The fourth-order valence-electron chi connectivity index (χ4n) is 1.85. The van der Waals surface area contributed by atoms with Crippen LogP contribution in [0.3, 0.4) is 0 Å². The predicted octanol–water partition coefficient (Wildman–Crippen LogP) is 3.53. The van der Waals surface area contributed by atoms with Crippen molar-refractivity contribution in [2.75, 3.05) is 0 Å². The molecule has 0 aliphatic rings. The maximum Gasteiger partial charge on any atom is 0.123 e. The molecule has 0 saturated heterocycles. The third-order valence-electron chi connectivity index (χ3n) is 2.71. The fourth-order valence-corrected chi connectivity index (χ4v) is 2.08. The predicted molar refractivity (Wildman–Crippen MR) is 73.7 cm³/mol. The van der Waals surface area contributed by atoms with Crippen molar-refractivity contribution < 1.29 is 4.39 Å². The SMILES string of the molecule is Cc1cc(F)cc(C(N)Cc2ccc(Br)cn2)c1. The van der Waals surface area contributed by atoms with E-state index < -0.39 is 0 Å². The molecule has 1 atom stereocenters. The molecule has 0 aliphatic heterocycles. The van der Waals surface area contributed by atoms with Crippen LogP contribution in [0.15, 0.2) is 41.0 Å². The topological polar surface area (TPSA) is 38.9 Å². The van der Waals surface area contributed by atoms with Crippen molar-refractivity contribution in [1.82, 2.24) is 4.98 Å². The number of hydrogen-bond acceptors (Lipinski definition) is 2. The molecule has 1 aromatic heterocycles. The van der Waals surface area contributed by atoms with E-state index in [9.17, 15) is 4.39 Å². The summed E-state index contributed by atoms with van der Waals surface area (Å²) in [7, 11) is 0. The molecule has 0 aliphatic carbocycles. The first kappa shape index (κ1) is 13.2. The summed E-state index contributed by atoms with van der Waals surface area (Å²) in [5, 5.41) is 0. The van der Waals surface area contributed by atoms with Gasteiger partial charge in [-0.25, -0.2) is 4.39 Å². The van der Waals surface area contributed by atoms with Crippen LogP contribution >= 0.6 is 15.9 Å². The van der Waals surface area contributed by atoms with Gasteiger partial charge in [0.05, 0.1) is 0 Å². The Labute approximate surface area is 114 Å². The van der Waals surface area contributed by atoms with Crippen molar-refractivity contribution in [2.45, 2.75) is 19.4 Å². The molecule has 0 saturated carbocycles. The highest BCUT2D eigenvalue weighted by Crippen LogP contribution is 2.18. The molecule has 1 aromatic carbocycles. The van der Waals surface area contributed by atoms with Crippen LogP contribution in [0.25, 0.3) is 0 Å². The zero-order chi connectivity index (χ0) is 13.1. The molecule has 2 aromatic rings. The molecule has 1 heterocycles. The summed E-state index contributed by atoms with van der Waals surface area (Å²) >= 11 is 3.33. The second kappa shape index (κ2) is 5.59. The Morgan fingerprint density at radius 2 is 2.11 bits per heavy atom. The summed E-state index contributed by atoms with van der Waals surface area (Å²) in [6, 6.07) is 8.48. The Morgan fingerprint density at radius 3 is 2.72 bits per heavy atom. The highest BCUT2D eigenvalue weighted by Gasteiger charge is 2.09. The smallest absolute Gasteiger partial charge is 0.123 e. The van der Waals surface area contributed by atoms with Gasteiger partial charge in [0.2, 0.25) is 0 Å². The number of halogens is 2. The minimum atomic E-state index is -0.246. The minimum Gasteiger partial charge on any atom is -0.324 e. The van der Waals surface area contributed by atoms with E-state index in [1.807, 2.05) is 25.1 Å². The molecule has 2 rings (SSSR count). The number of benzene rings is 1. The van der Waals surface area contributed by atoms with Crippen LogP contribution in [-0.2, 0) is 6.42 Å². The number of aryl methyl sites for hydroxylation is 1. The van der Waals surface area contributed by atoms with Gasteiger partial charge in [0.1, 0.15) is 5.82 Å². The van der Waals surface area contributed by atoms with Gasteiger partial charge in [-0.3, -0.25) is 4.98 Å². The van der Waals surface area contributed by atoms with Crippen LogP contribution in [-0.4, -0.2) is 4.98 Å². The number of rotatable bonds is 3. The van der Waals surface area contributed by atoms with Gasteiger partial charge in [0.15, 0.2) is 0 Å². The van der Waals surface area contributed by atoms with Gasteiger partial charge in [-0.2, -0.15) is 0 Å². The molecule has 18 heavy (non-hydrogen) atoms. The lowest BCUT2D eigenvalue weighted by molar-refractivity contribution is 0.616. The number of hydrogen-bond donors (Lipinski definition) is 1. The van der Waals surface area contributed by atoms with E-state index in [4.69, 9.17) is 5.73 Å². The van der Waals surface area contributed by atoms with Crippen molar-refractivity contribution >= 4 is 15.9 Å². The number of nitrogens with two attached hydrogens (primary N) is 1. The van der Waals surface area contributed by atoms with Crippen molar-refractivity contribution in [3.63, 3.8) is 0 Å². The minimum absolute atomic E-state index is 0.243. The standard InChI is InChI=1S/C14H14BrFN2/c1-9-4-10(6-12(16)5-9)14(17)7-13-3-2-11(15)8-18-13/h2-6,8,14H,7,17H2,1H3. The van der Waals surface area contributed by atoms with Gasteiger partial charge in [0, 0.05) is 28.8 Å². The van der Waals surface area contributed by atoms with Gasteiger partial charge < -0.3 is 5.73 Å². The van der Waals surface area contributed by atoms with Crippen LogP contribution in [0.2, 0.25) is 0 Å². The summed E-state index contributed by atoms with van der Waals surface area (Å²) in [5.74, 6) is -0.246. The van der Waals surface area contributed by atoms with E-state index >= 15 is 0 Å². The molecule has 0 bridgehead atoms. The Balaban J connectivity index is 2.16. The summed E-state index contributed by atoms with van der Waals surface area (Å²) < 4.78 is 14.2. The molecular weight excluding hydrogens is 295 g/mol. The Morgan fingerprint density at radius 1 is 1.33 bits per heavy atom. The first-order valence-electron chi connectivity index (χ1n) is 5.67. The highest BCUT2D eigenvalue weighted by atomic mass is 79.9. The van der Waals surface area contributed by atoms with Gasteiger partial charge in [0.25, 0.3) is 0 Å². The van der Waals surface area contributed by atoms with Crippen molar-refractivity contribution in [2.24, 2.45) is 5.73 Å². The lowest BCUT2D eigenvalue weighted by Crippen LogP contribution is -2.14. The van der Waals surface area contributed by atoms with Crippen molar-refractivity contribution in [3.05, 3.63) is 63.6 Å². The molecule has 4 heteroatoms. The lowest BCUT2D eigenvalue weighted by atomic mass is 10.0. The number of pyridine rings is 1. The molecule has 0 radical (unpaired) electrons. The van der Waals surface area contributed by atoms with E-state index in [0.717, 1.165) is 21.3 Å². The van der Waals surface area contributed by atoms with E-state index in [2.05, 4.69) is 20.9 Å². The monoisotopic (exact) mass is 308 g/mol. The van der Waals surface area contributed by atoms with Gasteiger partial charge >= 0.3 is 0 Å². The van der Waals surface area contributed by atoms with Crippen LogP contribution in [0.1, 0.15) is 22.9 Å². The number of nitrogens with zero attached hydrogens (tertiary/aromatic N) is 1. The van der Waals surface area contributed by atoms with Gasteiger partial charge in [-0.15, -0.1) is 0 Å². The first-order chi connectivity index (χ1) is 8.54. The average molecular weight is 309 g/mol. The molecule has 1 unspecified atom stereocenters. The van der Waals surface area contributed by atoms with E-state index in [1.54, 1.807) is 6.20 Å². The largest absolute Gasteiger partial charge is 0.324 e. The Bertz CT molecular complexity index is 520. The molecule has 0 spiro atoms. The van der Waals surface area contributed by atoms with Crippen molar-refractivity contribution in [3.8, 4) is 0 Å². The van der Waals surface area contributed by atoms with Crippen LogP contribution in [0.5, 0.6) is 0 Å². The van der Waals surface area contributed by atoms with E-state index in [1.165, 1.54) is 12.1 Å². The molecule has 0 fully saturated rings. The zero-order valence-electron chi connectivity index (χ0n) is 10.0. The zero-order valence-corrected chi connectivity index (χ0v) is 11.6. The Kier molecular flexibility index (Phi) is 4.09. The van der Waals surface area contributed by atoms with Crippen molar-refractivity contribution in [1.29, 1.82) is 0 Å². The molecule has 94 valence electrons. The van der Waals surface area contributed by atoms with E-state index in [0.29, 0.717) is 6.42 Å². The van der Waals surface area contributed by atoms with Crippen LogP contribution < -0.4 is 5.73 Å². The molecule has 2 nitrogen and oxygen atoms in total. The first-order valence-corrected chi connectivity index (χ1v) is 6.47. The summed E-state index contributed by atoms with van der Waals surface area (Å²) in [4.78, 5) is 4.27. The quantitative estimate of drug-likeness (QED) is 0.942. The van der Waals surface area contributed by atoms with Crippen LogP contribution in [0, 0.1) is 12.7 Å². The summed E-state index contributed by atoms with van der Waals surface area (Å²) in [6.07, 6.45) is 2.33. The summed E-state index contributed by atoms with van der Waals surface area (Å²) in [5.41, 5.74) is 8.66. The lowest BCUT2D eigenvalue weighted by Gasteiger charge is -2.12. The van der Waals surface area contributed by atoms with Gasteiger partial charge in [-0.05, 0) is 58.2 Å². The van der Waals surface area contributed by atoms with Crippen LogP contribution in [0.4, 0.5) is 4.39 Å². The molecule has 2 N–H and O–H groups in total. The maximum atomic E-state index is 13.3. The fraction of sp³-hybridized carbons (Fsp3) is 0.214. The second-order valence-corrected chi connectivity index (χ2v) is 5.26. The average Bonchev–Trinajstić information content (AvgIpc) is 2.31. The molecular formula is C14H14BrFN2. The second-order valence-electron chi connectivity index (χ2n) is 4.34. The highest BCUT2D eigenvalue weighted by molar-refractivity contribution is 9.10. The Hall–Kier alpha value is -1.26. The third-order valence-corrected chi connectivity index (χ3v) is 3.18. The third kappa shape index (κ3) is 3.37. The van der Waals surface area contributed by atoms with Gasteiger partial charge in [-0.1, -0.05) is 6.07 Å². The molecule has 0 amide bonds. The number of aromatic nitrogens is 1. The maximum absolute atomic E-state index is 13.3. The summed E-state index contributed by atoms with van der Waals surface area (Å²) in [6.45, 7) is 1.86. The van der Waals surface area contributed by atoms with E-state index in [-0.39, 0.29) is 11.9 Å².